The summed E-state index contributed by atoms with van der Waals surface area (Å²) >= 11 is 0. The van der Waals surface area contributed by atoms with Crippen molar-refractivity contribution in [2.45, 2.75) is 39.2 Å². The lowest BCUT2D eigenvalue weighted by Gasteiger charge is -2.41. The van der Waals surface area contributed by atoms with Gasteiger partial charge in [0.2, 0.25) is 0 Å². The van der Waals surface area contributed by atoms with Gasteiger partial charge in [-0.05, 0) is 26.7 Å². The number of hydrogen-bond acceptors (Lipinski definition) is 2. The zero-order valence-electron chi connectivity index (χ0n) is 8.43. The van der Waals surface area contributed by atoms with Crippen molar-refractivity contribution < 1.29 is 9.47 Å². The van der Waals surface area contributed by atoms with Crippen LogP contribution < -0.4 is 0 Å². The van der Waals surface area contributed by atoms with Crippen molar-refractivity contribution in [3.05, 3.63) is 0 Å². The first-order valence-electron chi connectivity index (χ1n) is 4.79. The second-order valence-electron chi connectivity index (χ2n) is 4.15. The molecular formula is C10H20O2. The molecule has 12 heavy (non-hydrogen) atoms. The Balaban J connectivity index is 2.24. The molecule has 1 fully saturated rings. The molecule has 0 N–H and O–H groups in total. The van der Waals surface area contributed by atoms with E-state index in [9.17, 15) is 0 Å². The minimum atomic E-state index is 0.347. The van der Waals surface area contributed by atoms with Crippen molar-refractivity contribution in [1.82, 2.24) is 0 Å². The van der Waals surface area contributed by atoms with Crippen LogP contribution in [0.15, 0.2) is 0 Å². The summed E-state index contributed by atoms with van der Waals surface area (Å²) < 4.78 is 10.8. The first-order valence-corrected chi connectivity index (χ1v) is 4.79. The molecule has 0 bridgehead atoms. The third-order valence-electron chi connectivity index (χ3n) is 2.59. The van der Waals surface area contributed by atoms with Crippen LogP contribution in [0.3, 0.4) is 0 Å². The van der Waals surface area contributed by atoms with Crippen molar-refractivity contribution in [1.29, 1.82) is 0 Å². The first-order chi connectivity index (χ1) is 5.68. The first kappa shape index (κ1) is 10.0. The molecule has 0 saturated heterocycles. The van der Waals surface area contributed by atoms with E-state index in [0.717, 1.165) is 13.2 Å². The van der Waals surface area contributed by atoms with Gasteiger partial charge in [-0.15, -0.1) is 0 Å². The van der Waals surface area contributed by atoms with Crippen LogP contribution in [0.2, 0.25) is 0 Å². The zero-order chi connectivity index (χ0) is 9.03. The Morgan fingerprint density at radius 3 is 2.25 bits per heavy atom. The standard InChI is InChI=1S/C10H20O2/c1-9(2)12-8-10(7-11-3)5-4-6-10/h9H,4-8H2,1-3H3. The number of hydrogen-bond donors (Lipinski definition) is 0. The monoisotopic (exact) mass is 172 g/mol. The molecule has 2 heteroatoms. The van der Waals surface area contributed by atoms with Crippen molar-refractivity contribution in [2.75, 3.05) is 20.3 Å². The minimum Gasteiger partial charge on any atom is -0.384 e. The summed E-state index contributed by atoms with van der Waals surface area (Å²) in [7, 11) is 1.77. The summed E-state index contributed by atoms with van der Waals surface area (Å²) in [5.74, 6) is 0. The van der Waals surface area contributed by atoms with Gasteiger partial charge in [0.05, 0.1) is 19.3 Å². The molecule has 1 aliphatic rings. The molecule has 0 spiro atoms. The van der Waals surface area contributed by atoms with Crippen LogP contribution in [0.5, 0.6) is 0 Å². The molecule has 1 saturated carbocycles. The van der Waals surface area contributed by atoms with Crippen LogP contribution in [0.25, 0.3) is 0 Å². The van der Waals surface area contributed by atoms with Crippen LogP contribution in [0.4, 0.5) is 0 Å². The molecule has 0 heterocycles. The van der Waals surface area contributed by atoms with Gasteiger partial charge in [0.1, 0.15) is 0 Å². The molecule has 0 aromatic heterocycles. The van der Waals surface area contributed by atoms with Crippen LogP contribution in [-0.2, 0) is 9.47 Å². The summed E-state index contributed by atoms with van der Waals surface area (Å²) in [5, 5.41) is 0. The smallest absolute Gasteiger partial charge is 0.0547 e. The maximum atomic E-state index is 5.62. The highest BCUT2D eigenvalue weighted by Gasteiger charge is 2.37. The summed E-state index contributed by atoms with van der Waals surface area (Å²) in [5.41, 5.74) is 0.360. The summed E-state index contributed by atoms with van der Waals surface area (Å²) in [6, 6.07) is 0. The fourth-order valence-electron chi connectivity index (χ4n) is 1.66. The summed E-state index contributed by atoms with van der Waals surface area (Å²) in [6.45, 7) is 5.90. The Morgan fingerprint density at radius 1 is 1.25 bits per heavy atom. The Kier molecular flexibility index (Phi) is 3.53. The Labute approximate surface area is 75.2 Å². The highest BCUT2D eigenvalue weighted by molar-refractivity contribution is 4.87. The second kappa shape index (κ2) is 4.24. The fourth-order valence-corrected chi connectivity index (χ4v) is 1.66. The van der Waals surface area contributed by atoms with E-state index in [1.54, 1.807) is 7.11 Å². The molecule has 0 atom stereocenters. The van der Waals surface area contributed by atoms with Crippen LogP contribution >= 0.6 is 0 Å². The van der Waals surface area contributed by atoms with Crippen LogP contribution in [0.1, 0.15) is 33.1 Å². The Morgan fingerprint density at radius 2 is 1.92 bits per heavy atom. The summed E-state index contributed by atoms with van der Waals surface area (Å²) in [6.07, 6.45) is 4.23. The van der Waals surface area contributed by atoms with Crippen LogP contribution in [0, 0.1) is 5.41 Å². The molecule has 1 aliphatic carbocycles. The predicted molar refractivity (Wildman–Crippen MR) is 49.2 cm³/mol. The fraction of sp³-hybridized carbons (Fsp3) is 1.00. The molecule has 0 aromatic rings. The topological polar surface area (TPSA) is 18.5 Å². The third-order valence-corrected chi connectivity index (χ3v) is 2.59. The minimum absolute atomic E-state index is 0.347. The lowest BCUT2D eigenvalue weighted by molar-refractivity contribution is -0.0707. The molecule has 1 rings (SSSR count). The van der Waals surface area contributed by atoms with Gasteiger partial charge in [-0.25, -0.2) is 0 Å². The average molecular weight is 172 g/mol. The third kappa shape index (κ3) is 2.46. The molecule has 0 aliphatic heterocycles. The van der Waals surface area contributed by atoms with Crippen molar-refractivity contribution in [3.8, 4) is 0 Å². The van der Waals surface area contributed by atoms with Crippen molar-refractivity contribution >= 4 is 0 Å². The summed E-state index contributed by atoms with van der Waals surface area (Å²) in [4.78, 5) is 0. The molecule has 0 radical (unpaired) electrons. The maximum absolute atomic E-state index is 5.62. The molecule has 72 valence electrons. The van der Waals surface area contributed by atoms with Gasteiger partial charge in [0.15, 0.2) is 0 Å². The van der Waals surface area contributed by atoms with E-state index in [0.29, 0.717) is 11.5 Å². The lowest BCUT2D eigenvalue weighted by Crippen LogP contribution is -2.39. The highest BCUT2D eigenvalue weighted by Crippen LogP contribution is 2.41. The number of rotatable bonds is 5. The number of methoxy groups -OCH3 is 1. The van der Waals surface area contributed by atoms with Gasteiger partial charge in [0.25, 0.3) is 0 Å². The van der Waals surface area contributed by atoms with Gasteiger partial charge in [-0.1, -0.05) is 6.42 Å². The SMILES string of the molecule is COCC1(COC(C)C)CCC1. The van der Waals surface area contributed by atoms with Gasteiger partial charge >= 0.3 is 0 Å². The molecule has 0 amide bonds. The largest absolute Gasteiger partial charge is 0.384 e. The van der Waals surface area contributed by atoms with E-state index in [2.05, 4.69) is 13.8 Å². The maximum Gasteiger partial charge on any atom is 0.0547 e. The van der Waals surface area contributed by atoms with E-state index in [1.807, 2.05) is 0 Å². The van der Waals surface area contributed by atoms with E-state index in [1.165, 1.54) is 19.3 Å². The quantitative estimate of drug-likeness (QED) is 0.633. The average Bonchev–Trinajstić information content (AvgIpc) is 1.94. The predicted octanol–water partition coefficient (Wildman–Crippen LogP) is 2.23. The van der Waals surface area contributed by atoms with E-state index in [4.69, 9.17) is 9.47 Å². The van der Waals surface area contributed by atoms with Gasteiger partial charge in [-0.3, -0.25) is 0 Å². The molecule has 0 aromatic carbocycles. The van der Waals surface area contributed by atoms with Gasteiger partial charge in [-0.2, -0.15) is 0 Å². The lowest BCUT2D eigenvalue weighted by atomic mass is 9.70. The van der Waals surface area contributed by atoms with Crippen LogP contribution in [-0.4, -0.2) is 26.4 Å². The Hall–Kier alpha value is -0.0800. The van der Waals surface area contributed by atoms with E-state index >= 15 is 0 Å². The number of ether oxygens (including phenoxy) is 2. The Bertz CT molecular complexity index is 128. The molecule has 2 nitrogen and oxygen atoms in total. The normalized spacial score (nSPS) is 21.0. The zero-order valence-corrected chi connectivity index (χ0v) is 8.43. The van der Waals surface area contributed by atoms with Gasteiger partial charge in [0, 0.05) is 12.5 Å². The van der Waals surface area contributed by atoms with E-state index in [-0.39, 0.29) is 0 Å². The second-order valence-corrected chi connectivity index (χ2v) is 4.15. The molecular weight excluding hydrogens is 152 g/mol. The molecule has 0 unspecified atom stereocenters. The highest BCUT2D eigenvalue weighted by atomic mass is 16.5. The van der Waals surface area contributed by atoms with Gasteiger partial charge < -0.3 is 9.47 Å². The van der Waals surface area contributed by atoms with E-state index < -0.39 is 0 Å². The van der Waals surface area contributed by atoms with Crippen molar-refractivity contribution in [2.24, 2.45) is 5.41 Å². The van der Waals surface area contributed by atoms with Crippen molar-refractivity contribution in [3.63, 3.8) is 0 Å².